The summed E-state index contributed by atoms with van der Waals surface area (Å²) in [6.07, 6.45) is 0. The molecule has 0 saturated carbocycles. The molecule has 28 heavy (non-hydrogen) atoms. The first kappa shape index (κ1) is 20.0. The number of benzene rings is 1. The Bertz CT molecular complexity index is 810. The van der Waals surface area contributed by atoms with E-state index in [-0.39, 0.29) is 25.0 Å². The molecule has 9 nitrogen and oxygen atoms in total. The van der Waals surface area contributed by atoms with E-state index in [0.717, 1.165) is 5.56 Å². The predicted molar refractivity (Wildman–Crippen MR) is 101 cm³/mol. The van der Waals surface area contributed by atoms with Gasteiger partial charge in [0.05, 0.1) is 6.54 Å². The smallest absolute Gasteiger partial charge is 0.249 e. The van der Waals surface area contributed by atoms with Crippen molar-refractivity contribution in [3.8, 4) is 11.4 Å². The lowest BCUT2D eigenvalue weighted by Gasteiger charge is -2.40. The van der Waals surface area contributed by atoms with Gasteiger partial charge in [-0.1, -0.05) is 35.5 Å². The molecule has 2 aromatic rings. The van der Waals surface area contributed by atoms with E-state index in [1.165, 1.54) is 12.0 Å². The number of carbonyl (C=O) groups excluding carboxylic acids is 2. The van der Waals surface area contributed by atoms with E-state index < -0.39 is 6.04 Å². The van der Waals surface area contributed by atoms with E-state index in [1.807, 2.05) is 42.3 Å². The van der Waals surface area contributed by atoms with Gasteiger partial charge >= 0.3 is 0 Å². The van der Waals surface area contributed by atoms with Crippen molar-refractivity contribution in [2.45, 2.75) is 12.6 Å². The molecule has 2 heterocycles. The third-order valence-corrected chi connectivity index (χ3v) is 4.71. The monoisotopic (exact) mass is 387 g/mol. The zero-order valence-electron chi connectivity index (χ0n) is 16.4. The van der Waals surface area contributed by atoms with Crippen LogP contribution in [0.1, 0.15) is 5.89 Å². The van der Waals surface area contributed by atoms with Crippen molar-refractivity contribution in [1.82, 2.24) is 24.8 Å². The van der Waals surface area contributed by atoms with E-state index in [9.17, 15) is 9.59 Å². The number of aromatic nitrogens is 2. The molecule has 1 saturated heterocycles. The number of rotatable bonds is 6. The van der Waals surface area contributed by atoms with Gasteiger partial charge in [0.15, 0.2) is 0 Å². The molecule has 150 valence electrons. The first-order chi connectivity index (χ1) is 13.5. The molecule has 1 aliphatic rings. The minimum atomic E-state index is -0.567. The second kappa shape index (κ2) is 8.94. The second-order valence-corrected chi connectivity index (χ2v) is 6.87. The Labute approximate surface area is 163 Å². The van der Waals surface area contributed by atoms with Crippen LogP contribution in [0.4, 0.5) is 0 Å². The summed E-state index contributed by atoms with van der Waals surface area (Å²) in [5.41, 5.74) is 0.844. The first-order valence-electron chi connectivity index (χ1n) is 9.09. The van der Waals surface area contributed by atoms with Gasteiger partial charge in [-0.3, -0.25) is 9.59 Å². The number of nitrogens with zero attached hydrogens (tertiary/aromatic N) is 5. The van der Waals surface area contributed by atoms with Crippen LogP contribution in [0.15, 0.2) is 34.9 Å². The number of hydrogen-bond acceptors (Lipinski definition) is 7. The van der Waals surface area contributed by atoms with Crippen molar-refractivity contribution in [3.05, 3.63) is 36.2 Å². The van der Waals surface area contributed by atoms with Crippen LogP contribution in [0, 0.1) is 0 Å². The maximum absolute atomic E-state index is 13.0. The summed E-state index contributed by atoms with van der Waals surface area (Å²) in [6.45, 7) is 1.80. The highest BCUT2D eigenvalue weighted by Crippen LogP contribution is 2.17. The molecule has 1 aromatic carbocycles. The zero-order valence-corrected chi connectivity index (χ0v) is 16.4. The Morgan fingerprint density at radius 3 is 2.75 bits per heavy atom. The van der Waals surface area contributed by atoms with Crippen molar-refractivity contribution in [1.29, 1.82) is 0 Å². The lowest BCUT2D eigenvalue weighted by atomic mass is 10.1. The zero-order chi connectivity index (χ0) is 20.1. The van der Waals surface area contributed by atoms with Crippen LogP contribution in [0.3, 0.4) is 0 Å². The van der Waals surface area contributed by atoms with Gasteiger partial charge in [0.25, 0.3) is 0 Å². The molecule has 0 radical (unpaired) electrons. The Morgan fingerprint density at radius 2 is 2.04 bits per heavy atom. The molecular weight excluding hydrogens is 362 g/mol. The molecule has 1 aliphatic heterocycles. The molecule has 1 aromatic heterocycles. The second-order valence-electron chi connectivity index (χ2n) is 6.87. The Balaban J connectivity index is 1.69. The molecule has 0 aliphatic carbocycles. The lowest BCUT2D eigenvalue weighted by Crippen LogP contribution is -2.60. The molecule has 3 rings (SSSR count). The van der Waals surface area contributed by atoms with Gasteiger partial charge in [0, 0.05) is 39.4 Å². The summed E-state index contributed by atoms with van der Waals surface area (Å²) in [6, 6.07) is 8.91. The van der Waals surface area contributed by atoms with Gasteiger partial charge in [-0.2, -0.15) is 4.98 Å². The number of ether oxygens (including phenoxy) is 1. The number of amides is 2. The van der Waals surface area contributed by atoms with Crippen molar-refractivity contribution in [3.63, 3.8) is 0 Å². The van der Waals surface area contributed by atoms with Crippen LogP contribution >= 0.6 is 0 Å². The number of hydrogen-bond donors (Lipinski definition) is 0. The SMILES string of the molecule is COCC(=O)N1CCN(C)CC1C(=O)N(C)Cc1nc(-c2ccccc2)no1. The molecular formula is C19H25N5O4. The van der Waals surface area contributed by atoms with Crippen LogP contribution in [0.25, 0.3) is 11.4 Å². The van der Waals surface area contributed by atoms with Crippen LogP contribution in [-0.2, 0) is 20.9 Å². The third-order valence-electron chi connectivity index (χ3n) is 4.71. The quantitative estimate of drug-likeness (QED) is 0.712. The topological polar surface area (TPSA) is 92.0 Å². The van der Waals surface area contributed by atoms with E-state index in [1.54, 1.807) is 11.9 Å². The highest BCUT2D eigenvalue weighted by atomic mass is 16.5. The number of carbonyl (C=O) groups is 2. The summed E-state index contributed by atoms with van der Waals surface area (Å²) in [5.74, 6) is 0.460. The van der Waals surface area contributed by atoms with Crippen LogP contribution in [0.2, 0.25) is 0 Å². The molecule has 0 spiro atoms. The van der Waals surface area contributed by atoms with Crippen LogP contribution < -0.4 is 0 Å². The van der Waals surface area contributed by atoms with E-state index in [4.69, 9.17) is 9.26 Å². The van der Waals surface area contributed by atoms with Gasteiger partial charge in [-0.15, -0.1) is 0 Å². The van der Waals surface area contributed by atoms with Crippen molar-refractivity contribution < 1.29 is 18.8 Å². The summed E-state index contributed by atoms with van der Waals surface area (Å²) < 4.78 is 10.2. The van der Waals surface area contributed by atoms with E-state index in [0.29, 0.717) is 31.3 Å². The van der Waals surface area contributed by atoms with E-state index in [2.05, 4.69) is 10.1 Å². The van der Waals surface area contributed by atoms with Crippen LogP contribution in [-0.4, -0.2) is 90.1 Å². The summed E-state index contributed by atoms with van der Waals surface area (Å²) in [5, 5.41) is 3.98. The Kier molecular flexibility index (Phi) is 6.37. The predicted octanol–water partition coefficient (Wildman–Crippen LogP) is 0.484. The largest absolute Gasteiger partial charge is 0.375 e. The normalized spacial score (nSPS) is 17.5. The number of likely N-dealkylation sites (N-methyl/N-ethyl adjacent to an activating group) is 2. The molecule has 2 amide bonds. The molecule has 1 atom stereocenters. The fourth-order valence-corrected chi connectivity index (χ4v) is 3.19. The fourth-order valence-electron chi connectivity index (χ4n) is 3.19. The van der Waals surface area contributed by atoms with Gasteiger partial charge in [-0.05, 0) is 7.05 Å². The van der Waals surface area contributed by atoms with Gasteiger partial charge < -0.3 is 24.0 Å². The summed E-state index contributed by atoms with van der Waals surface area (Å²) in [7, 11) is 5.07. The molecule has 0 N–H and O–H groups in total. The summed E-state index contributed by atoms with van der Waals surface area (Å²) >= 11 is 0. The Morgan fingerprint density at radius 1 is 1.29 bits per heavy atom. The minimum absolute atomic E-state index is 0.0404. The lowest BCUT2D eigenvalue weighted by molar-refractivity contribution is -0.150. The third kappa shape index (κ3) is 4.55. The van der Waals surface area contributed by atoms with Crippen molar-refractivity contribution in [2.75, 3.05) is 47.4 Å². The first-order valence-corrected chi connectivity index (χ1v) is 9.09. The highest BCUT2D eigenvalue weighted by Gasteiger charge is 2.36. The van der Waals surface area contributed by atoms with Crippen molar-refractivity contribution in [2.24, 2.45) is 0 Å². The minimum Gasteiger partial charge on any atom is -0.375 e. The average molecular weight is 387 g/mol. The maximum Gasteiger partial charge on any atom is 0.249 e. The van der Waals surface area contributed by atoms with Gasteiger partial charge in [-0.25, -0.2) is 0 Å². The molecule has 1 fully saturated rings. The Hall–Kier alpha value is -2.78. The average Bonchev–Trinajstić information content (AvgIpc) is 3.16. The highest BCUT2D eigenvalue weighted by molar-refractivity contribution is 5.88. The maximum atomic E-state index is 13.0. The van der Waals surface area contributed by atoms with Gasteiger partial charge in [0.2, 0.25) is 23.5 Å². The van der Waals surface area contributed by atoms with Crippen molar-refractivity contribution >= 4 is 11.8 Å². The van der Waals surface area contributed by atoms with Gasteiger partial charge in [0.1, 0.15) is 12.6 Å². The standard InChI is InChI=1S/C19H25N5O4/c1-22-9-10-24(17(25)13-27-3)15(11-22)19(26)23(2)12-16-20-18(21-28-16)14-7-5-4-6-8-14/h4-8,15H,9-13H2,1-3H3. The summed E-state index contributed by atoms with van der Waals surface area (Å²) in [4.78, 5) is 34.9. The number of piperazine rings is 1. The molecule has 1 unspecified atom stereocenters. The molecule has 9 heteroatoms. The van der Waals surface area contributed by atoms with Crippen LogP contribution in [0.5, 0.6) is 0 Å². The number of methoxy groups -OCH3 is 1. The fraction of sp³-hybridized carbons (Fsp3) is 0.474. The van der Waals surface area contributed by atoms with E-state index >= 15 is 0 Å². The molecule has 0 bridgehead atoms.